The highest BCUT2D eigenvalue weighted by Crippen LogP contribution is 2.11. The predicted molar refractivity (Wildman–Crippen MR) is 61.3 cm³/mol. The van der Waals surface area contributed by atoms with Gasteiger partial charge in [0.25, 0.3) is 0 Å². The summed E-state index contributed by atoms with van der Waals surface area (Å²) in [5.74, 6) is 0.0876. The van der Waals surface area contributed by atoms with Crippen LogP contribution in [0, 0.1) is 12.1 Å². The van der Waals surface area contributed by atoms with Gasteiger partial charge in [0, 0.05) is 11.6 Å². The van der Waals surface area contributed by atoms with Crippen molar-refractivity contribution in [1.82, 2.24) is 0 Å². The van der Waals surface area contributed by atoms with Gasteiger partial charge in [-0.25, -0.2) is 4.79 Å². The van der Waals surface area contributed by atoms with E-state index in [1.165, 1.54) is 18.2 Å². The van der Waals surface area contributed by atoms with E-state index in [2.05, 4.69) is 12.1 Å². The molecule has 0 saturated heterocycles. The first-order chi connectivity index (χ1) is 8.13. The van der Waals surface area contributed by atoms with Crippen molar-refractivity contribution in [3.63, 3.8) is 0 Å². The molecule has 0 unspecified atom stereocenters. The van der Waals surface area contributed by atoms with Crippen molar-refractivity contribution >= 4 is 12.2 Å². The lowest BCUT2D eigenvalue weighted by molar-refractivity contribution is 0.444. The molecular formula is C13H8O4. The SMILES string of the molecule is O=c1cc(O)cc(/C=C/c2c#cc(O)cc2)o1. The van der Waals surface area contributed by atoms with Crippen molar-refractivity contribution in [3.05, 3.63) is 58.1 Å². The molecule has 4 heteroatoms. The molecule has 1 heterocycles. The Morgan fingerprint density at radius 2 is 1.94 bits per heavy atom. The maximum absolute atomic E-state index is 11.0. The van der Waals surface area contributed by atoms with Crippen LogP contribution in [0.4, 0.5) is 0 Å². The lowest BCUT2D eigenvalue weighted by atomic mass is 10.2. The lowest BCUT2D eigenvalue weighted by Gasteiger charge is -1.93. The fraction of sp³-hybridized carbons (Fsp3) is 0. The number of aromatic hydroxyl groups is 2. The molecule has 84 valence electrons. The van der Waals surface area contributed by atoms with E-state index in [4.69, 9.17) is 9.52 Å². The average molecular weight is 228 g/mol. The summed E-state index contributed by atoms with van der Waals surface area (Å²) in [4.78, 5) is 11.0. The maximum Gasteiger partial charge on any atom is 0.339 e. The zero-order valence-corrected chi connectivity index (χ0v) is 8.68. The number of hydrogen-bond acceptors (Lipinski definition) is 4. The van der Waals surface area contributed by atoms with Gasteiger partial charge in [0.05, 0.1) is 6.07 Å². The van der Waals surface area contributed by atoms with Crippen LogP contribution < -0.4 is 5.63 Å². The second kappa shape index (κ2) is 4.45. The number of hydrogen-bond donors (Lipinski definition) is 2. The summed E-state index contributed by atoms with van der Waals surface area (Å²) in [5, 5.41) is 18.2. The highest BCUT2D eigenvalue weighted by Gasteiger charge is 1.96. The molecule has 2 aromatic rings. The molecule has 4 nitrogen and oxygen atoms in total. The van der Waals surface area contributed by atoms with E-state index in [1.807, 2.05) is 0 Å². The Bertz CT molecular complexity index is 594. The molecule has 0 aliphatic heterocycles. The van der Waals surface area contributed by atoms with Crippen molar-refractivity contribution in [2.24, 2.45) is 0 Å². The standard InChI is InChI=1S/C13H8O4/c14-10-4-1-9(2-5-10)3-6-12-7-11(15)8-13(16)17-12/h1,3-4,6-8,14-15H/b6-3+. The van der Waals surface area contributed by atoms with Gasteiger partial charge in [-0.2, -0.15) is 0 Å². The second-order valence-electron chi connectivity index (χ2n) is 3.29. The third-order valence-corrected chi connectivity index (χ3v) is 1.96. The molecule has 1 aromatic heterocycles. The molecular weight excluding hydrogens is 220 g/mol. The van der Waals surface area contributed by atoms with Crippen LogP contribution >= 0.6 is 0 Å². The summed E-state index contributed by atoms with van der Waals surface area (Å²) >= 11 is 0. The van der Waals surface area contributed by atoms with Crippen molar-refractivity contribution in [2.75, 3.05) is 0 Å². The quantitative estimate of drug-likeness (QED) is 0.822. The maximum atomic E-state index is 11.0. The van der Waals surface area contributed by atoms with Crippen LogP contribution in [0.1, 0.15) is 11.3 Å². The normalized spacial score (nSPS) is 10.4. The Kier molecular flexibility index (Phi) is 2.84. The van der Waals surface area contributed by atoms with Gasteiger partial charge in [0.15, 0.2) is 5.75 Å². The van der Waals surface area contributed by atoms with Crippen molar-refractivity contribution in [1.29, 1.82) is 0 Å². The topological polar surface area (TPSA) is 70.7 Å². The summed E-state index contributed by atoms with van der Waals surface area (Å²) in [5.41, 5.74) is 0.0414. The highest BCUT2D eigenvalue weighted by atomic mass is 16.4. The van der Waals surface area contributed by atoms with Crippen LogP contribution in [0.5, 0.6) is 11.5 Å². The Morgan fingerprint density at radius 3 is 2.59 bits per heavy atom. The fourth-order valence-corrected chi connectivity index (χ4v) is 1.22. The molecule has 0 saturated carbocycles. The van der Waals surface area contributed by atoms with Crippen molar-refractivity contribution in [3.8, 4) is 11.5 Å². The molecule has 0 amide bonds. The first-order valence-electron chi connectivity index (χ1n) is 4.79. The first-order valence-corrected chi connectivity index (χ1v) is 4.79. The molecule has 0 spiro atoms. The second-order valence-corrected chi connectivity index (χ2v) is 3.29. The molecule has 2 rings (SSSR count). The third kappa shape index (κ3) is 2.89. The molecule has 2 N–H and O–H groups in total. The molecule has 17 heavy (non-hydrogen) atoms. The van der Waals surface area contributed by atoms with E-state index >= 15 is 0 Å². The van der Waals surface area contributed by atoms with Gasteiger partial charge < -0.3 is 14.6 Å². The molecule has 1 aromatic carbocycles. The fourth-order valence-electron chi connectivity index (χ4n) is 1.22. The smallest absolute Gasteiger partial charge is 0.339 e. The lowest BCUT2D eigenvalue weighted by Crippen LogP contribution is -1.95. The predicted octanol–water partition coefficient (Wildman–Crippen LogP) is 1.82. The zero-order chi connectivity index (χ0) is 12.3. The van der Waals surface area contributed by atoms with E-state index in [9.17, 15) is 9.90 Å². The van der Waals surface area contributed by atoms with Crippen LogP contribution in [0.15, 0.2) is 33.5 Å². The van der Waals surface area contributed by atoms with Gasteiger partial charge in [-0.3, -0.25) is 0 Å². The molecule has 0 fully saturated rings. The molecule has 0 atom stereocenters. The van der Waals surface area contributed by atoms with Crippen molar-refractivity contribution in [2.45, 2.75) is 0 Å². The zero-order valence-electron chi connectivity index (χ0n) is 8.68. The Balaban J connectivity index is 2.25. The summed E-state index contributed by atoms with van der Waals surface area (Å²) in [6.45, 7) is 0. The van der Waals surface area contributed by atoms with E-state index in [0.29, 0.717) is 5.56 Å². The Labute approximate surface area is 97.1 Å². The van der Waals surface area contributed by atoms with E-state index in [-0.39, 0.29) is 17.3 Å². The molecule has 0 aliphatic carbocycles. The van der Waals surface area contributed by atoms with Crippen molar-refractivity contribution < 1.29 is 14.6 Å². The average Bonchev–Trinajstić information content (AvgIpc) is 2.27. The van der Waals surface area contributed by atoms with Crippen LogP contribution in [-0.4, -0.2) is 10.2 Å². The van der Waals surface area contributed by atoms with Crippen LogP contribution in [0.3, 0.4) is 0 Å². The minimum absolute atomic E-state index is 0.00559. The van der Waals surface area contributed by atoms with Crippen LogP contribution in [0.2, 0.25) is 0 Å². The van der Waals surface area contributed by atoms with Gasteiger partial charge in [-0.05, 0) is 30.4 Å². The summed E-state index contributed by atoms with van der Waals surface area (Å²) in [7, 11) is 0. The highest BCUT2D eigenvalue weighted by molar-refractivity contribution is 5.66. The van der Waals surface area contributed by atoms with Gasteiger partial charge in [0.1, 0.15) is 11.5 Å². The molecule has 0 radical (unpaired) electrons. The molecule has 0 aliphatic rings. The van der Waals surface area contributed by atoms with Gasteiger partial charge in [-0.1, -0.05) is 6.07 Å². The minimum atomic E-state index is -0.620. The van der Waals surface area contributed by atoms with E-state index in [0.717, 1.165) is 6.07 Å². The van der Waals surface area contributed by atoms with E-state index < -0.39 is 5.63 Å². The molecule has 0 bridgehead atoms. The van der Waals surface area contributed by atoms with Gasteiger partial charge in [-0.15, -0.1) is 0 Å². The summed E-state index contributed by atoms with van der Waals surface area (Å²) in [6.07, 6.45) is 3.13. The van der Waals surface area contributed by atoms with E-state index in [1.54, 1.807) is 12.1 Å². The van der Waals surface area contributed by atoms with Gasteiger partial charge >= 0.3 is 5.63 Å². The Hall–Kier alpha value is -2.67. The summed E-state index contributed by atoms with van der Waals surface area (Å²) in [6, 6.07) is 10.6. The first kappa shape index (κ1) is 10.8. The van der Waals surface area contributed by atoms with Gasteiger partial charge in [0.2, 0.25) is 0 Å². The van der Waals surface area contributed by atoms with Crippen LogP contribution in [0.25, 0.3) is 12.2 Å². The summed E-state index contributed by atoms with van der Waals surface area (Å²) < 4.78 is 4.83. The monoisotopic (exact) mass is 228 g/mol. The number of rotatable bonds is 2. The van der Waals surface area contributed by atoms with Crippen LogP contribution in [-0.2, 0) is 0 Å². The minimum Gasteiger partial charge on any atom is -0.508 e. The third-order valence-electron chi connectivity index (χ3n) is 1.96. The largest absolute Gasteiger partial charge is 0.508 e. The Morgan fingerprint density at radius 1 is 1.12 bits per heavy atom.